The maximum atomic E-state index is 5.63. The summed E-state index contributed by atoms with van der Waals surface area (Å²) < 4.78 is 0. The van der Waals surface area contributed by atoms with E-state index < -0.39 is 0 Å². The predicted molar refractivity (Wildman–Crippen MR) is 54.6 cm³/mol. The molecule has 2 fully saturated rings. The van der Waals surface area contributed by atoms with Gasteiger partial charge in [-0.1, -0.05) is 0 Å². The molecule has 0 aromatic carbocycles. The second-order valence-corrected chi connectivity index (χ2v) is 4.49. The van der Waals surface area contributed by atoms with Crippen LogP contribution in [0.4, 0.5) is 0 Å². The number of rotatable bonds is 2. The quantitative estimate of drug-likeness (QED) is 0.652. The number of likely N-dealkylation sites (N-methyl/N-ethyl adjacent to an activating group) is 1. The molecule has 0 aromatic heterocycles. The van der Waals surface area contributed by atoms with E-state index in [0.717, 1.165) is 18.5 Å². The Hall–Kier alpha value is -0.120. The van der Waals surface area contributed by atoms with E-state index in [1.165, 1.54) is 39.0 Å². The zero-order chi connectivity index (χ0) is 9.26. The van der Waals surface area contributed by atoms with Gasteiger partial charge in [-0.3, -0.25) is 4.90 Å². The number of nitrogens with zero attached hydrogens (tertiary/aromatic N) is 2. The summed E-state index contributed by atoms with van der Waals surface area (Å²) >= 11 is 0. The molecule has 2 aliphatic heterocycles. The van der Waals surface area contributed by atoms with E-state index in [1.54, 1.807) is 0 Å². The van der Waals surface area contributed by atoms with Crippen LogP contribution in [0.5, 0.6) is 0 Å². The van der Waals surface area contributed by atoms with E-state index in [4.69, 9.17) is 5.73 Å². The van der Waals surface area contributed by atoms with Gasteiger partial charge in [0.05, 0.1) is 0 Å². The number of nitrogens with two attached hydrogens (primary N) is 1. The van der Waals surface area contributed by atoms with Crippen molar-refractivity contribution in [3.8, 4) is 0 Å². The standard InChI is InChI=1S/C10H21N3/c1-12-6-7-13-5-3-9(2-4-11)10(13)8-12/h9-10H,2-8,11H2,1H3. The van der Waals surface area contributed by atoms with E-state index in [0.29, 0.717) is 0 Å². The molecule has 0 bridgehead atoms. The molecule has 13 heavy (non-hydrogen) atoms. The lowest BCUT2D eigenvalue weighted by atomic mass is 9.95. The zero-order valence-corrected chi connectivity index (χ0v) is 8.58. The number of fused-ring (bicyclic) bond motifs is 1. The van der Waals surface area contributed by atoms with Crippen LogP contribution >= 0.6 is 0 Å². The van der Waals surface area contributed by atoms with Gasteiger partial charge in [0, 0.05) is 25.7 Å². The highest BCUT2D eigenvalue weighted by molar-refractivity contribution is 4.91. The highest BCUT2D eigenvalue weighted by Crippen LogP contribution is 2.28. The van der Waals surface area contributed by atoms with Crippen molar-refractivity contribution in [2.24, 2.45) is 11.7 Å². The monoisotopic (exact) mass is 183 g/mol. The normalized spacial score (nSPS) is 36.5. The van der Waals surface area contributed by atoms with Gasteiger partial charge in [0.1, 0.15) is 0 Å². The van der Waals surface area contributed by atoms with Crippen molar-refractivity contribution in [1.82, 2.24) is 9.80 Å². The lowest BCUT2D eigenvalue weighted by Crippen LogP contribution is -2.50. The predicted octanol–water partition coefficient (Wildman–Crippen LogP) is -0.0289. The third kappa shape index (κ3) is 1.87. The summed E-state index contributed by atoms with van der Waals surface area (Å²) in [5, 5.41) is 0. The fourth-order valence-corrected chi connectivity index (χ4v) is 2.79. The van der Waals surface area contributed by atoms with E-state index in [2.05, 4.69) is 16.8 Å². The smallest absolute Gasteiger partial charge is 0.0252 e. The minimum atomic E-state index is 0.808. The Morgan fingerprint density at radius 3 is 2.92 bits per heavy atom. The first kappa shape index (κ1) is 9.44. The second-order valence-electron chi connectivity index (χ2n) is 4.49. The summed E-state index contributed by atoms with van der Waals surface area (Å²) in [7, 11) is 2.23. The van der Waals surface area contributed by atoms with Crippen LogP contribution in [0.2, 0.25) is 0 Å². The van der Waals surface area contributed by atoms with Crippen molar-refractivity contribution in [3.05, 3.63) is 0 Å². The summed E-state index contributed by atoms with van der Waals surface area (Å²) in [6.45, 7) is 5.93. The van der Waals surface area contributed by atoms with Crippen LogP contribution in [0, 0.1) is 5.92 Å². The largest absolute Gasteiger partial charge is 0.330 e. The lowest BCUT2D eigenvalue weighted by molar-refractivity contribution is 0.104. The van der Waals surface area contributed by atoms with E-state index in [1.807, 2.05) is 0 Å². The van der Waals surface area contributed by atoms with Gasteiger partial charge in [-0.2, -0.15) is 0 Å². The lowest BCUT2D eigenvalue weighted by Gasteiger charge is -2.37. The van der Waals surface area contributed by atoms with Crippen LogP contribution in [0.1, 0.15) is 12.8 Å². The van der Waals surface area contributed by atoms with Gasteiger partial charge in [0.2, 0.25) is 0 Å². The Balaban J connectivity index is 1.94. The molecule has 0 aromatic rings. The fraction of sp³-hybridized carbons (Fsp3) is 1.00. The molecule has 0 saturated carbocycles. The molecule has 2 rings (SSSR count). The molecule has 2 N–H and O–H groups in total. The molecule has 0 aliphatic carbocycles. The van der Waals surface area contributed by atoms with Gasteiger partial charge in [-0.25, -0.2) is 0 Å². The Labute approximate surface area is 80.9 Å². The minimum Gasteiger partial charge on any atom is -0.330 e. The first-order valence-corrected chi connectivity index (χ1v) is 5.44. The van der Waals surface area contributed by atoms with Crippen LogP contribution in [0.25, 0.3) is 0 Å². The minimum absolute atomic E-state index is 0.808. The summed E-state index contributed by atoms with van der Waals surface area (Å²) in [6.07, 6.45) is 2.59. The van der Waals surface area contributed by atoms with E-state index in [-0.39, 0.29) is 0 Å². The molecule has 3 nitrogen and oxygen atoms in total. The molecule has 0 radical (unpaired) electrons. The van der Waals surface area contributed by atoms with Gasteiger partial charge in [-0.15, -0.1) is 0 Å². The molecular weight excluding hydrogens is 162 g/mol. The summed E-state index contributed by atoms with van der Waals surface area (Å²) in [6, 6.07) is 0.808. The van der Waals surface area contributed by atoms with Crippen LogP contribution in [-0.4, -0.2) is 55.6 Å². The van der Waals surface area contributed by atoms with Crippen LogP contribution in [0.15, 0.2) is 0 Å². The summed E-state index contributed by atoms with van der Waals surface area (Å²) in [5.41, 5.74) is 5.63. The Bertz CT molecular complexity index is 172. The van der Waals surface area contributed by atoms with Crippen molar-refractivity contribution in [1.29, 1.82) is 0 Å². The van der Waals surface area contributed by atoms with Gasteiger partial charge in [0.25, 0.3) is 0 Å². The van der Waals surface area contributed by atoms with Crippen LogP contribution in [-0.2, 0) is 0 Å². The van der Waals surface area contributed by atoms with Crippen molar-refractivity contribution in [2.75, 3.05) is 39.8 Å². The van der Waals surface area contributed by atoms with E-state index in [9.17, 15) is 0 Å². The number of hydrogen-bond donors (Lipinski definition) is 1. The molecule has 76 valence electrons. The second kappa shape index (κ2) is 3.95. The van der Waals surface area contributed by atoms with E-state index >= 15 is 0 Å². The highest BCUT2D eigenvalue weighted by Gasteiger charge is 2.36. The van der Waals surface area contributed by atoms with Gasteiger partial charge in [-0.05, 0) is 38.9 Å². The fourth-order valence-electron chi connectivity index (χ4n) is 2.79. The van der Waals surface area contributed by atoms with Crippen LogP contribution < -0.4 is 5.73 Å². The Morgan fingerprint density at radius 1 is 1.31 bits per heavy atom. The average Bonchev–Trinajstić information content (AvgIpc) is 2.49. The average molecular weight is 183 g/mol. The topological polar surface area (TPSA) is 32.5 Å². The van der Waals surface area contributed by atoms with Crippen molar-refractivity contribution in [3.63, 3.8) is 0 Å². The molecule has 0 amide bonds. The SMILES string of the molecule is CN1CCN2CCC(CCN)C2C1. The maximum Gasteiger partial charge on any atom is 0.0252 e. The molecule has 2 saturated heterocycles. The highest BCUT2D eigenvalue weighted by atomic mass is 15.3. The first-order valence-electron chi connectivity index (χ1n) is 5.44. The number of hydrogen-bond acceptors (Lipinski definition) is 3. The zero-order valence-electron chi connectivity index (χ0n) is 8.58. The molecule has 2 heterocycles. The Morgan fingerprint density at radius 2 is 2.15 bits per heavy atom. The van der Waals surface area contributed by atoms with Crippen molar-refractivity contribution < 1.29 is 0 Å². The molecule has 2 unspecified atom stereocenters. The van der Waals surface area contributed by atoms with Gasteiger partial charge < -0.3 is 10.6 Å². The third-order valence-electron chi connectivity index (χ3n) is 3.61. The van der Waals surface area contributed by atoms with Crippen molar-refractivity contribution >= 4 is 0 Å². The number of piperazine rings is 1. The third-order valence-corrected chi connectivity index (χ3v) is 3.61. The summed E-state index contributed by atoms with van der Waals surface area (Å²) in [5.74, 6) is 0.868. The maximum absolute atomic E-state index is 5.63. The van der Waals surface area contributed by atoms with Crippen LogP contribution in [0.3, 0.4) is 0 Å². The van der Waals surface area contributed by atoms with Gasteiger partial charge in [0.15, 0.2) is 0 Å². The Kier molecular flexibility index (Phi) is 2.86. The molecule has 2 aliphatic rings. The molecule has 0 spiro atoms. The van der Waals surface area contributed by atoms with Gasteiger partial charge >= 0.3 is 0 Å². The first-order chi connectivity index (χ1) is 6.31. The molecular formula is C10H21N3. The summed E-state index contributed by atoms with van der Waals surface area (Å²) in [4.78, 5) is 5.11. The molecule has 3 heteroatoms. The van der Waals surface area contributed by atoms with Crippen molar-refractivity contribution in [2.45, 2.75) is 18.9 Å². The molecule has 2 atom stereocenters.